The Kier molecular flexibility index (Phi) is 4.73. The van der Waals surface area contributed by atoms with Gasteiger partial charge in [0.05, 0.1) is 16.7 Å². The number of halogens is 2. The van der Waals surface area contributed by atoms with E-state index < -0.39 is 0 Å². The topological polar surface area (TPSA) is 43.7 Å². The number of aromatic hydroxyl groups is 1. The first kappa shape index (κ1) is 13.9. The fourth-order valence-electron chi connectivity index (χ4n) is 2.40. The number of aliphatic hydroxyl groups is 1. The van der Waals surface area contributed by atoms with Crippen molar-refractivity contribution in [1.82, 2.24) is 4.90 Å². The zero-order valence-electron chi connectivity index (χ0n) is 10.1. The SMILES string of the molecule is OCC1CCCCN1Cc1cc(Cl)c(Cl)cc1O. The van der Waals surface area contributed by atoms with Crippen LogP contribution in [0.1, 0.15) is 24.8 Å². The zero-order chi connectivity index (χ0) is 13.1. The number of phenolic OH excluding ortho intramolecular Hbond substituents is 1. The summed E-state index contributed by atoms with van der Waals surface area (Å²) in [6, 6.07) is 3.34. The smallest absolute Gasteiger partial charge is 0.121 e. The number of nitrogens with zero attached hydrogens (tertiary/aromatic N) is 1. The second-order valence-corrected chi connectivity index (χ2v) is 5.51. The van der Waals surface area contributed by atoms with E-state index in [1.165, 1.54) is 6.07 Å². The summed E-state index contributed by atoms with van der Waals surface area (Å²) in [5, 5.41) is 20.0. The number of hydrogen-bond donors (Lipinski definition) is 2. The Hall–Kier alpha value is -0.480. The highest BCUT2D eigenvalue weighted by Gasteiger charge is 2.22. The lowest BCUT2D eigenvalue weighted by molar-refractivity contribution is 0.0834. The molecule has 1 aliphatic rings. The number of rotatable bonds is 3. The van der Waals surface area contributed by atoms with Crippen LogP contribution in [0.2, 0.25) is 10.0 Å². The van der Waals surface area contributed by atoms with Gasteiger partial charge in [-0.3, -0.25) is 4.90 Å². The number of benzene rings is 1. The third kappa shape index (κ3) is 3.09. The van der Waals surface area contributed by atoms with E-state index in [1.807, 2.05) is 0 Å². The largest absolute Gasteiger partial charge is 0.508 e. The fraction of sp³-hybridized carbons (Fsp3) is 0.538. The summed E-state index contributed by atoms with van der Waals surface area (Å²) in [4.78, 5) is 2.18. The number of piperidine rings is 1. The van der Waals surface area contributed by atoms with Gasteiger partial charge in [0.25, 0.3) is 0 Å². The van der Waals surface area contributed by atoms with E-state index in [-0.39, 0.29) is 18.4 Å². The molecule has 2 rings (SSSR count). The summed E-state index contributed by atoms with van der Waals surface area (Å²) in [6.45, 7) is 1.68. The predicted molar refractivity (Wildman–Crippen MR) is 73.3 cm³/mol. The minimum atomic E-state index is 0.155. The lowest BCUT2D eigenvalue weighted by Gasteiger charge is -2.34. The maximum Gasteiger partial charge on any atom is 0.121 e. The van der Waals surface area contributed by atoms with Gasteiger partial charge in [-0.1, -0.05) is 29.6 Å². The van der Waals surface area contributed by atoms with Gasteiger partial charge in [0, 0.05) is 24.2 Å². The molecule has 100 valence electrons. The van der Waals surface area contributed by atoms with E-state index in [1.54, 1.807) is 6.07 Å². The Balaban J connectivity index is 2.15. The molecule has 0 saturated carbocycles. The second-order valence-electron chi connectivity index (χ2n) is 4.70. The van der Waals surface area contributed by atoms with E-state index in [0.717, 1.165) is 31.4 Å². The van der Waals surface area contributed by atoms with Crippen LogP contribution in [-0.2, 0) is 6.54 Å². The molecular weight excluding hydrogens is 273 g/mol. The number of likely N-dealkylation sites (tertiary alicyclic amines) is 1. The molecule has 18 heavy (non-hydrogen) atoms. The third-order valence-corrected chi connectivity index (χ3v) is 4.18. The maximum absolute atomic E-state index is 9.87. The zero-order valence-corrected chi connectivity index (χ0v) is 11.6. The van der Waals surface area contributed by atoms with Crippen molar-refractivity contribution in [2.24, 2.45) is 0 Å². The van der Waals surface area contributed by atoms with Gasteiger partial charge in [0.15, 0.2) is 0 Å². The minimum absolute atomic E-state index is 0.155. The van der Waals surface area contributed by atoms with Gasteiger partial charge in [-0.25, -0.2) is 0 Å². The Morgan fingerprint density at radius 2 is 1.94 bits per heavy atom. The van der Waals surface area contributed by atoms with Gasteiger partial charge in [-0.15, -0.1) is 0 Å². The van der Waals surface area contributed by atoms with Crippen LogP contribution in [0, 0.1) is 0 Å². The first-order valence-corrected chi connectivity index (χ1v) is 6.89. The van der Waals surface area contributed by atoms with Crippen LogP contribution in [0.15, 0.2) is 12.1 Å². The fourth-order valence-corrected chi connectivity index (χ4v) is 2.74. The van der Waals surface area contributed by atoms with Gasteiger partial charge in [-0.2, -0.15) is 0 Å². The molecule has 0 aromatic heterocycles. The Labute approximate surface area is 117 Å². The van der Waals surface area contributed by atoms with Crippen LogP contribution in [-0.4, -0.2) is 34.3 Å². The van der Waals surface area contributed by atoms with Gasteiger partial charge in [-0.05, 0) is 25.5 Å². The van der Waals surface area contributed by atoms with Crippen LogP contribution in [0.5, 0.6) is 5.75 Å². The molecular formula is C13H17Cl2NO2. The summed E-state index contributed by atoms with van der Waals surface area (Å²) in [7, 11) is 0. The summed E-state index contributed by atoms with van der Waals surface area (Å²) < 4.78 is 0. The second kappa shape index (κ2) is 6.11. The molecule has 0 amide bonds. The quantitative estimate of drug-likeness (QED) is 0.899. The molecule has 0 aliphatic carbocycles. The van der Waals surface area contributed by atoms with E-state index in [0.29, 0.717) is 16.6 Å². The molecule has 0 radical (unpaired) electrons. The Morgan fingerprint density at radius 3 is 2.67 bits per heavy atom. The van der Waals surface area contributed by atoms with E-state index in [2.05, 4.69) is 4.90 Å². The summed E-state index contributed by atoms with van der Waals surface area (Å²) in [6.07, 6.45) is 3.27. The van der Waals surface area contributed by atoms with Crippen molar-refractivity contribution >= 4 is 23.2 Å². The highest BCUT2D eigenvalue weighted by atomic mass is 35.5. The van der Waals surface area contributed by atoms with Crippen molar-refractivity contribution < 1.29 is 10.2 Å². The predicted octanol–water partition coefficient (Wildman–Crippen LogP) is 3.05. The molecule has 1 heterocycles. The van der Waals surface area contributed by atoms with Crippen molar-refractivity contribution in [2.45, 2.75) is 31.8 Å². The summed E-state index contributed by atoms with van der Waals surface area (Å²) in [5.74, 6) is 0.159. The molecule has 5 heteroatoms. The van der Waals surface area contributed by atoms with Crippen LogP contribution in [0.25, 0.3) is 0 Å². The van der Waals surface area contributed by atoms with Crippen molar-refractivity contribution in [3.05, 3.63) is 27.7 Å². The lowest BCUT2D eigenvalue weighted by atomic mass is 10.0. The molecule has 0 spiro atoms. The van der Waals surface area contributed by atoms with Gasteiger partial charge in [0.1, 0.15) is 5.75 Å². The van der Waals surface area contributed by atoms with Crippen molar-refractivity contribution in [3.8, 4) is 5.75 Å². The Bertz CT molecular complexity index is 426. The number of aliphatic hydroxyl groups excluding tert-OH is 1. The van der Waals surface area contributed by atoms with Crippen molar-refractivity contribution in [1.29, 1.82) is 0 Å². The summed E-state index contributed by atoms with van der Waals surface area (Å²) in [5.41, 5.74) is 0.754. The molecule has 1 fully saturated rings. The molecule has 1 atom stereocenters. The standard InChI is InChI=1S/C13H17Cl2NO2/c14-11-5-9(13(18)6-12(11)15)7-16-4-2-1-3-10(16)8-17/h5-6,10,17-18H,1-4,7-8H2. The molecule has 3 nitrogen and oxygen atoms in total. The average Bonchev–Trinajstić information content (AvgIpc) is 2.36. The van der Waals surface area contributed by atoms with Gasteiger partial charge in [0.2, 0.25) is 0 Å². The van der Waals surface area contributed by atoms with E-state index in [4.69, 9.17) is 23.2 Å². The summed E-state index contributed by atoms with van der Waals surface area (Å²) >= 11 is 11.8. The highest BCUT2D eigenvalue weighted by molar-refractivity contribution is 6.42. The minimum Gasteiger partial charge on any atom is -0.508 e. The third-order valence-electron chi connectivity index (χ3n) is 3.45. The molecule has 2 N–H and O–H groups in total. The first-order valence-electron chi connectivity index (χ1n) is 6.13. The highest BCUT2D eigenvalue weighted by Crippen LogP contribution is 2.31. The molecule has 1 aliphatic heterocycles. The molecule has 0 bridgehead atoms. The first-order chi connectivity index (χ1) is 8.61. The monoisotopic (exact) mass is 289 g/mol. The Morgan fingerprint density at radius 1 is 1.22 bits per heavy atom. The molecule has 1 unspecified atom stereocenters. The van der Waals surface area contributed by atoms with Gasteiger partial charge >= 0.3 is 0 Å². The van der Waals surface area contributed by atoms with Crippen molar-refractivity contribution in [2.75, 3.05) is 13.2 Å². The van der Waals surface area contributed by atoms with Gasteiger partial charge < -0.3 is 10.2 Å². The molecule has 1 aromatic rings. The molecule has 1 aromatic carbocycles. The van der Waals surface area contributed by atoms with E-state index >= 15 is 0 Å². The van der Waals surface area contributed by atoms with Crippen LogP contribution < -0.4 is 0 Å². The number of phenols is 1. The van der Waals surface area contributed by atoms with Crippen molar-refractivity contribution in [3.63, 3.8) is 0 Å². The number of hydrogen-bond acceptors (Lipinski definition) is 3. The average molecular weight is 290 g/mol. The lowest BCUT2D eigenvalue weighted by Crippen LogP contribution is -2.41. The maximum atomic E-state index is 9.87. The van der Waals surface area contributed by atoms with Crippen LogP contribution in [0.3, 0.4) is 0 Å². The van der Waals surface area contributed by atoms with Crippen LogP contribution >= 0.6 is 23.2 Å². The van der Waals surface area contributed by atoms with Crippen LogP contribution in [0.4, 0.5) is 0 Å². The molecule has 1 saturated heterocycles. The van der Waals surface area contributed by atoms with E-state index in [9.17, 15) is 10.2 Å². The normalized spacial score (nSPS) is 21.2.